The van der Waals surface area contributed by atoms with Crippen LogP contribution in [0.4, 0.5) is 0 Å². The fourth-order valence-electron chi connectivity index (χ4n) is 2.41. The first-order chi connectivity index (χ1) is 12.2. The van der Waals surface area contributed by atoms with Gasteiger partial charge in [0.05, 0.1) is 0 Å². The maximum Gasteiger partial charge on any atom is -0.00744 e. The molecular weight excluding hydrogens is 380 g/mol. The minimum atomic E-state index is 0.219. The summed E-state index contributed by atoms with van der Waals surface area (Å²) >= 11 is 3.48. The van der Waals surface area contributed by atoms with Crippen molar-refractivity contribution < 1.29 is 0 Å². The van der Waals surface area contributed by atoms with Gasteiger partial charge in [-0.05, 0) is 58.5 Å². The lowest BCUT2D eigenvalue weighted by molar-refractivity contribution is 0.590. The van der Waals surface area contributed by atoms with Crippen molar-refractivity contribution in [2.24, 2.45) is 0 Å². The molecule has 26 heavy (non-hydrogen) atoms. The van der Waals surface area contributed by atoms with Crippen LogP contribution < -0.4 is 0 Å². The van der Waals surface area contributed by atoms with Gasteiger partial charge in [-0.3, -0.25) is 0 Å². The van der Waals surface area contributed by atoms with Gasteiger partial charge in [0, 0.05) is 0 Å². The Kier molecular flexibility index (Phi) is 11.9. The summed E-state index contributed by atoms with van der Waals surface area (Å²) < 4.78 is 1.16. The van der Waals surface area contributed by atoms with E-state index in [1.807, 2.05) is 0 Å². The minimum Gasteiger partial charge on any atom is -0.106 e. The normalized spacial score (nSPS) is 11.0. The topological polar surface area (TPSA) is 0 Å². The lowest BCUT2D eigenvalue weighted by atomic mass is 9.85. The molecule has 0 spiro atoms. The molecule has 0 N–H and O–H groups in total. The van der Waals surface area contributed by atoms with Crippen molar-refractivity contribution in [2.45, 2.75) is 59.8 Å². The predicted molar refractivity (Wildman–Crippen MR) is 124 cm³/mol. The van der Waals surface area contributed by atoms with E-state index in [4.69, 9.17) is 0 Å². The Hall–Kier alpha value is -1.60. The molecule has 0 saturated carbocycles. The number of benzene rings is 2. The van der Waals surface area contributed by atoms with Gasteiger partial charge in [0.1, 0.15) is 0 Å². The minimum absolute atomic E-state index is 0.219. The van der Waals surface area contributed by atoms with Crippen LogP contribution in [0.2, 0.25) is 0 Å². The molecule has 0 fully saturated rings. The van der Waals surface area contributed by atoms with E-state index in [1.165, 1.54) is 35.1 Å². The Morgan fingerprint density at radius 1 is 1.04 bits per heavy atom. The van der Waals surface area contributed by atoms with Crippen LogP contribution in [0.15, 0.2) is 66.2 Å². The largest absolute Gasteiger partial charge is 0.106 e. The second kappa shape index (κ2) is 12.7. The summed E-state index contributed by atoms with van der Waals surface area (Å²) in [5.74, 6) is 0. The maximum absolute atomic E-state index is 3.48. The molecule has 0 unspecified atom stereocenters. The summed E-state index contributed by atoms with van der Waals surface area (Å²) in [5, 5.41) is 0. The summed E-state index contributed by atoms with van der Waals surface area (Å²) in [7, 11) is 0. The third-order valence-corrected chi connectivity index (χ3v) is 4.11. The molecule has 0 aliphatic rings. The number of hydrogen-bond acceptors (Lipinski definition) is 0. The molecule has 1 heteroatoms. The van der Waals surface area contributed by atoms with Crippen molar-refractivity contribution in [1.29, 1.82) is 0 Å². The Bertz CT molecular complexity index is 656. The lowest BCUT2D eigenvalue weighted by Gasteiger charge is -2.20. The van der Waals surface area contributed by atoms with Crippen molar-refractivity contribution in [2.75, 3.05) is 0 Å². The quantitative estimate of drug-likeness (QED) is 0.441. The van der Waals surface area contributed by atoms with Crippen molar-refractivity contribution >= 4 is 22.0 Å². The first-order valence-corrected chi connectivity index (χ1v) is 10.0. The van der Waals surface area contributed by atoms with Crippen LogP contribution in [0, 0.1) is 6.92 Å². The molecule has 0 saturated heterocycles. The molecule has 142 valence electrons. The SMILES string of the molecule is C/C(Br)=C\c1cc(C(C)(C)C)ccc1C.C=C.CCCc1ccccc1. The van der Waals surface area contributed by atoms with Gasteiger partial charge in [0.2, 0.25) is 0 Å². The van der Waals surface area contributed by atoms with E-state index in [-0.39, 0.29) is 5.41 Å². The second-order valence-electron chi connectivity index (χ2n) is 7.29. The first kappa shape index (κ1) is 24.4. The smallest absolute Gasteiger partial charge is 0.00744 e. The lowest BCUT2D eigenvalue weighted by Crippen LogP contribution is -2.11. The zero-order chi connectivity index (χ0) is 20.2. The third kappa shape index (κ3) is 9.77. The van der Waals surface area contributed by atoms with Gasteiger partial charge >= 0.3 is 0 Å². The van der Waals surface area contributed by atoms with Crippen LogP contribution in [0.3, 0.4) is 0 Å². The predicted octanol–water partition coefficient (Wildman–Crippen LogP) is 8.49. The molecule has 0 nitrogen and oxygen atoms in total. The summed E-state index contributed by atoms with van der Waals surface area (Å²) in [4.78, 5) is 0. The molecule has 0 bridgehead atoms. The number of rotatable bonds is 3. The summed E-state index contributed by atoms with van der Waals surface area (Å²) in [5.41, 5.74) is 5.67. The Morgan fingerprint density at radius 3 is 2.08 bits per heavy atom. The van der Waals surface area contributed by atoms with Gasteiger partial charge in [-0.15, -0.1) is 13.2 Å². The van der Waals surface area contributed by atoms with E-state index in [0.717, 1.165) is 4.48 Å². The summed E-state index contributed by atoms with van der Waals surface area (Å²) in [6.45, 7) is 19.1. The molecule has 0 amide bonds. The van der Waals surface area contributed by atoms with Crippen LogP contribution >= 0.6 is 15.9 Å². The number of aryl methyl sites for hydroxylation is 2. The van der Waals surface area contributed by atoms with Crippen molar-refractivity contribution in [3.8, 4) is 0 Å². The Morgan fingerprint density at radius 2 is 1.62 bits per heavy atom. The Labute approximate surface area is 170 Å². The molecule has 0 heterocycles. The van der Waals surface area contributed by atoms with Gasteiger partial charge in [0.25, 0.3) is 0 Å². The molecular formula is C25H35Br. The van der Waals surface area contributed by atoms with E-state index >= 15 is 0 Å². The monoisotopic (exact) mass is 414 g/mol. The molecule has 0 aromatic heterocycles. The van der Waals surface area contributed by atoms with Gasteiger partial charge in [-0.1, -0.05) is 98.6 Å². The zero-order valence-electron chi connectivity index (χ0n) is 17.4. The van der Waals surface area contributed by atoms with Crippen LogP contribution in [-0.2, 0) is 11.8 Å². The Balaban J connectivity index is 0.000000484. The average molecular weight is 415 g/mol. The zero-order valence-corrected chi connectivity index (χ0v) is 19.0. The number of halogens is 1. The molecule has 2 rings (SSSR count). The first-order valence-electron chi connectivity index (χ1n) is 9.23. The van der Waals surface area contributed by atoms with Gasteiger partial charge in [0.15, 0.2) is 0 Å². The molecule has 0 aliphatic carbocycles. The highest BCUT2D eigenvalue weighted by molar-refractivity contribution is 9.11. The summed E-state index contributed by atoms with van der Waals surface area (Å²) in [6, 6.07) is 17.3. The number of hydrogen-bond donors (Lipinski definition) is 0. The van der Waals surface area contributed by atoms with Crippen molar-refractivity contribution in [3.05, 3.63) is 88.4 Å². The fourth-order valence-corrected chi connectivity index (χ4v) is 2.66. The maximum atomic E-state index is 3.48. The molecule has 2 aromatic rings. The fraction of sp³-hybridized carbons (Fsp3) is 0.360. The van der Waals surface area contributed by atoms with Crippen LogP contribution in [-0.4, -0.2) is 0 Å². The van der Waals surface area contributed by atoms with Crippen LogP contribution in [0.25, 0.3) is 6.08 Å². The van der Waals surface area contributed by atoms with Crippen LogP contribution in [0.5, 0.6) is 0 Å². The standard InChI is InChI=1S/C14H19Br.C9H12.C2H4/c1-10-6-7-13(14(3,4)5)9-12(10)8-11(2)15;1-2-6-9-7-4-3-5-8-9;1-2/h6-9H,1-5H3;3-5,7-8H,2,6H2,1H3;1-2H2/b11-8+;;. The third-order valence-electron chi connectivity index (χ3n) is 3.88. The summed E-state index contributed by atoms with van der Waals surface area (Å²) in [6.07, 6.45) is 4.62. The van der Waals surface area contributed by atoms with E-state index in [1.54, 1.807) is 0 Å². The van der Waals surface area contributed by atoms with Gasteiger partial charge in [-0.2, -0.15) is 0 Å². The molecule has 0 atom stereocenters. The highest BCUT2D eigenvalue weighted by Crippen LogP contribution is 2.26. The van der Waals surface area contributed by atoms with E-state index in [0.29, 0.717) is 0 Å². The highest BCUT2D eigenvalue weighted by atomic mass is 79.9. The van der Waals surface area contributed by atoms with Gasteiger partial charge < -0.3 is 0 Å². The van der Waals surface area contributed by atoms with E-state index in [9.17, 15) is 0 Å². The van der Waals surface area contributed by atoms with E-state index < -0.39 is 0 Å². The van der Waals surface area contributed by atoms with Crippen molar-refractivity contribution in [3.63, 3.8) is 0 Å². The highest BCUT2D eigenvalue weighted by Gasteiger charge is 2.13. The van der Waals surface area contributed by atoms with Crippen molar-refractivity contribution in [1.82, 2.24) is 0 Å². The van der Waals surface area contributed by atoms with E-state index in [2.05, 4.69) is 125 Å². The average Bonchev–Trinajstić information content (AvgIpc) is 2.59. The molecule has 2 aromatic carbocycles. The van der Waals surface area contributed by atoms with Gasteiger partial charge in [-0.25, -0.2) is 0 Å². The molecule has 0 aliphatic heterocycles. The second-order valence-corrected chi connectivity index (χ2v) is 8.54. The molecule has 0 radical (unpaired) electrons. The van der Waals surface area contributed by atoms with Crippen LogP contribution in [0.1, 0.15) is 63.3 Å². The number of allylic oxidation sites excluding steroid dienone is 1.